The summed E-state index contributed by atoms with van der Waals surface area (Å²) in [5, 5.41) is 19.0. The van der Waals surface area contributed by atoms with Gasteiger partial charge in [0.25, 0.3) is 0 Å². The number of benzene rings is 2. The first-order valence-corrected chi connectivity index (χ1v) is 29.4. The van der Waals surface area contributed by atoms with Gasteiger partial charge in [-0.05, 0) is 110 Å². The number of allylic oxidation sites excluding steroid dienone is 2. The highest BCUT2D eigenvalue weighted by molar-refractivity contribution is 5.95. The average Bonchev–Trinajstić information content (AvgIpc) is 3.44. The first-order chi connectivity index (χ1) is 38.7. The second-order valence-corrected chi connectivity index (χ2v) is 19.6. The number of aryl methyl sites for hydroxylation is 2. The van der Waals surface area contributed by atoms with Crippen molar-refractivity contribution < 1.29 is 57.6 Å². The minimum Gasteiger partial charge on any atom is -0.481 e. The van der Waals surface area contributed by atoms with Crippen LogP contribution in [0.4, 0.5) is 4.79 Å². The Bertz CT molecular complexity index is 2070. The molecule has 11 N–H and O–H groups in total. The van der Waals surface area contributed by atoms with E-state index < -0.39 is 66.1 Å². The number of aliphatic carboxylic acids is 1. The van der Waals surface area contributed by atoms with Gasteiger partial charge in [0.1, 0.15) is 23.9 Å². The van der Waals surface area contributed by atoms with Crippen molar-refractivity contribution in [2.24, 2.45) is 35.0 Å². The lowest BCUT2D eigenvalue weighted by atomic mass is 9.81. The van der Waals surface area contributed by atoms with Crippen LogP contribution in [0.1, 0.15) is 176 Å². The number of carboxylic acid groups (broad SMARTS) is 1. The zero-order valence-electron chi connectivity index (χ0n) is 52.1. The van der Waals surface area contributed by atoms with Crippen molar-refractivity contribution in [2.45, 2.75) is 185 Å². The fourth-order valence-electron chi connectivity index (χ4n) is 7.92. The summed E-state index contributed by atoms with van der Waals surface area (Å²) in [6.07, 6.45) is 6.63. The molecule has 0 aliphatic rings. The molecule has 0 saturated heterocycles. The maximum atomic E-state index is 13.1. The van der Waals surface area contributed by atoms with Gasteiger partial charge in [-0.15, -0.1) is 0 Å². The fourth-order valence-corrected chi connectivity index (χ4v) is 7.92. The summed E-state index contributed by atoms with van der Waals surface area (Å²) < 4.78 is 21.4. The van der Waals surface area contributed by atoms with Crippen molar-refractivity contribution in [1.82, 2.24) is 21.3 Å². The molecule has 0 aromatic heterocycles. The minimum absolute atomic E-state index is 0.0359. The van der Waals surface area contributed by atoms with E-state index in [1.165, 1.54) is 42.1 Å². The van der Waals surface area contributed by atoms with E-state index in [1.54, 1.807) is 25.0 Å². The number of primary amides is 2. The van der Waals surface area contributed by atoms with Crippen molar-refractivity contribution in [3.63, 3.8) is 0 Å². The SMILES string of the molecule is CC.CCC(=O)CC(C)C.CCC/C(=C(/c1ccccc1C)C(C)CC)c1ccccc1CC.CCCOCCOCCOCCOCCC(=O)NC(CCC(=O)O)C(=O)NC(C(=O)NC(CCCNC(N)=O)C(N)=O)C(C)C.CN. The number of rotatable bonds is 38. The van der Waals surface area contributed by atoms with Crippen molar-refractivity contribution in [2.75, 3.05) is 66.4 Å². The molecular formula is C62H109N7O12. The summed E-state index contributed by atoms with van der Waals surface area (Å²) >= 11 is 0. The quantitative estimate of drug-likeness (QED) is 0.0231. The second kappa shape index (κ2) is 51.2. The van der Waals surface area contributed by atoms with Gasteiger partial charge in [0.05, 0.1) is 46.2 Å². The largest absolute Gasteiger partial charge is 0.481 e. The van der Waals surface area contributed by atoms with Crippen molar-refractivity contribution in [3.05, 3.63) is 70.8 Å². The molecule has 19 nitrogen and oxygen atoms in total. The summed E-state index contributed by atoms with van der Waals surface area (Å²) in [6.45, 7) is 30.1. The van der Waals surface area contributed by atoms with Crippen LogP contribution in [0.2, 0.25) is 0 Å². The number of Topliss-reactive ketones (excluding diaryl/α,β-unsaturated/α-hetero) is 1. The van der Waals surface area contributed by atoms with E-state index in [9.17, 15) is 33.6 Å². The average molecular weight is 1140 g/mol. The zero-order chi connectivity index (χ0) is 62.1. The van der Waals surface area contributed by atoms with Gasteiger partial charge >= 0.3 is 12.0 Å². The first-order valence-electron chi connectivity index (χ1n) is 29.4. The molecule has 0 heterocycles. The van der Waals surface area contributed by atoms with Crippen molar-refractivity contribution in [3.8, 4) is 0 Å². The maximum absolute atomic E-state index is 13.1. The van der Waals surface area contributed by atoms with Crippen LogP contribution in [0.3, 0.4) is 0 Å². The highest BCUT2D eigenvalue weighted by atomic mass is 16.6. The Labute approximate surface area is 487 Å². The predicted octanol–water partition coefficient (Wildman–Crippen LogP) is 8.69. The number of carbonyl (C=O) groups excluding carboxylic acids is 6. The number of amides is 6. The Balaban J connectivity index is -0.00000139. The number of carbonyl (C=O) groups is 7. The van der Waals surface area contributed by atoms with Crippen LogP contribution >= 0.6 is 0 Å². The van der Waals surface area contributed by atoms with Crippen LogP contribution in [0.15, 0.2) is 48.5 Å². The molecule has 19 heteroatoms. The van der Waals surface area contributed by atoms with Crippen LogP contribution in [-0.2, 0) is 54.1 Å². The molecule has 6 amide bonds. The summed E-state index contributed by atoms with van der Waals surface area (Å²) in [5.74, 6) is -2.98. The van der Waals surface area contributed by atoms with Crippen LogP contribution in [0.5, 0.6) is 0 Å². The molecule has 2 rings (SSSR count). The van der Waals surface area contributed by atoms with Gasteiger partial charge in [-0.1, -0.05) is 138 Å². The number of ketones is 1. The van der Waals surface area contributed by atoms with Gasteiger partial charge in [0.15, 0.2) is 0 Å². The third-order valence-corrected chi connectivity index (χ3v) is 12.2. The molecule has 0 bridgehead atoms. The zero-order valence-corrected chi connectivity index (χ0v) is 52.1. The predicted molar refractivity (Wildman–Crippen MR) is 326 cm³/mol. The minimum atomic E-state index is -1.25. The van der Waals surface area contributed by atoms with Crippen molar-refractivity contribution >= 4 is 52.6 Å². The van der Waals surface area contributed by atoms with E-state index in [1.807, 2.05) is 27.7 Å². The van der Waals surface area contributed by atoms with Gasteiger partial charge in [-0.25, -0.2) is 4.79 Å². The molecule has 4 unspecified atom stereocenters. The lowest BCUT2D eigenvalue weighted by molar-refractivity contribution is -0.138. The molecule has 464 valence electrons. The second-order valence-electron chi connectivity index (χ2n) is 19.6. The third-order valence-electron chi connectivity index (χ3n) is 12.2. The Morgan fingerprint density at radius 3 is 1.62 bits per heavy atom. The molecule has 0 aliphatic carbocycles. The molecule has 0 radical (unpaired) electrons. The highest BCUT2D eigenvalue weighted by Gasteiger charge is 2.31. The van der Waals surface area contributed by atoms with Gasteiger partial charge in [-0.2, -0.15) is 0 Å². The third kappa shape index (κ3) is 38.6. The maximum Gasteiger partial charge on any atom is 0.312 e. The lowest BCUT2D eigenvalue weighted by Gasteiger charge is -2.26. The number of hydrogen-bond donors (Lipinski definition) is 8. The van der Waals surface area contributed by atoms with Gasteiger partial charge in [0, 0.05) is 38.8 Å². The first kappa shape index (κ1) is 79.5. The standard InChI is InChI=1S/C28H52N6O11.C24H32.C7H14O.C2H6.CH5N/c1-4-11-42-13-15-44-17-18-45-16-14-43-12-9-22(35)32-21(7-8-23(36)37)26(39)34-24(19(2)3)27(40)33-20(25(29)38)6-5-10-31-28(30)41;1-6-13-23(22-17-12-10-15-20(22)8-3)24(18(4)7-2)21-16-11-9-14-19(21)5;1-4-7(8)5-6(2)3;2*1-2/h19-21,24H,4-18H2,1-3H3,(H2,29,38)(H,32,35)(H,33,40)(H,34,39)(H,36,37)(H3,30,31,41);9-12,14-18H,6-8,13H2,1-5H3;6H,4-5H2,1-3H3;1-2H3;2H2,1H3/b;24-23-;;;. The fraction of sp³-hybridized carbons (Fsp3) is 0.661. The lowest BCUT2D eigenvalue weighted by Crippen LogP contribution is -2.58. The number of carboxylic acids is 1. The number of hydrogen-bond acceptors (Lipinski definition) is 12. The molecule has 0 aliphatic heterocycles. The number of nitrogens with one attached hydrogen (secondary N) is 4. The molecule has 0 spiro atoms. The van der Waals surface area contributed by atoms with Crippen LogP contribution < -0.4 is 38.5 Å². The summed E-state index contributed by atoms with van der Waals surface area (Å²) in [5.41, 5.74) is 23.8. The summed E-state index contributed by atoms with van der Waals surface area (Å²) in [7, 11) is 1.50. The monoisotopic (exact) mass is 1140 g/mol. The molecule has 81 heavy (non-hydrogen) atoms. The molecule has 2 aromatic rings. The van der Waals surface area contributed by atoms with Gasteiger partial charge in [0.2, 0.25) is 23.6 Å². The van der Waals surface area contributed by atoms with E-state index >= 15 is 0 Å². The number of urea groups is 1. The Morgan fingerprint density at radius 1 is 0.617 bits per heavy atom. The van der Waals surface area contributed by atoms with Crippen LogP contribution in [-0.4, -0.2) is 131 Å². The van der Waals surface area contributed by atoms with Gasteiger partial charge in [-0.3, -0.25) is 28.8 Å². The van der Waals surface area contributed by atoms with E-state index in [2.05, 4.69) is 124 Å². The molecule has 0 saturated carbocycles. The summed E-state index contributed by atoms with van der Waals surface area (Å²) in [6, 6.07) is 13.7. The highest BCUT2D eigenvalue weighted by Crippen LogP contribution is 2.39. The molecule has 4 atom stereocenters. The molecule has 0 fully saturated rings. The molecule has 2 aromatic carbocycles. The van der Waals surface area contributed by atoms with Gasteiger partial charge < -0.3 is 62.5 Å². The van der Waals surface area contributed by atoms with Crippen LogP contribution in [0.25, 0.3) is 11.1 Å². The summed E-state index contributed by atoms with van der Waals surface area (Å²) in [4.78, 5) is 83.1. The Kier molecular flexibility index (Phi) is 50.2. The van der Waals surface area contributed by atoms with E-state index in [4.69, 9.17) is 35.5 Å². The number of ether oxygens (including phenoxy) is 4. The van der Waals surface area contributed by atoms with Crippen LogP contribution in [0, 0.1) is 24.7 Å². The normalized spacial score (nSPS) is 12.4. The molecular weight excluding hydrogens is 1030 g/mol. The van der Waals surface area contributed by atoms with Crippen molar-refractivity contribution in [1.29, 1.82) is 0 Å². The van der Waals surface area contributed by atoms with E-state index in [0.717, 1.165) is 25.7 Å². The Hall–Kier alpha value is -5.73. The topological polar surface area (TPSA) is 303 Å². The van der Waals surface area contributed by atoms with E-state index in [0.29, 0.717) is 70.1 Å². The van der Waals surface area contributed by atoms with E-state index in [-0.39, 0.29) is 39.0 Å². The Morgan fingerprint density at radius 2 is 1.16 bits per heavy atom. The smallest absolute Gasteiger partial charge is 0.312 e. The number of nitrogens with two attached hydrogens (primary N) is 3.